The van der Waals surface area contributed by atoms with Crippen molar-refractivity contribution in [3.63, 3.8) is 0 Å². The van der Waals surface area contributed by atoms with Gasteiger partial charge in [-0.25, -0.2) is 0 Å². The first kappa shape index (κ1) is 12.2. The lowest BCUT2D eigenvalue weighted by molar-refractivity contribution is -0.133. The van der Waals surface area contributed by atoms with Gasteiger partial charge in [0.25, 0.3) is 0 Å². The van der Waals surface area contributed by atoms with Gasteiger partial charge in [0.2, 0.25) is 5.91 Å². The molecular weight excluding hydrogens is 192 g/mol. The SMILES string of the molecule is C=C[C@@H]1ON(CCCC)CC1NC(C)=O. The lowest BCUT2D eigenvalue weighted by Crippen LogP contribution is -2.40. The first-order valence-electron chi connectivity index (χ1n) is 5.48. The summed E-state index contributed by atoms with van der Waals surface area (Å²) in [6, 6.07) is 0.0388. The number of rotatable bonds is 5. The van der Waals surface area contributed by atoms with Crippen LogP contribution in [0.3, 0.4) is 0 Å². The van der Waals surface area contributed by atoms with E-state index in [4.69, 9.17) is 4.84 Å². The number of carbonyl (C=O) groups is 1. The lowest BCUT2D eigenvalue weighted by atomic mass is 10.1. The molecule has 1 saturated heterocycles. The number of carbonyl (C=O) groups excluding carboxylic acids is 1. The molecule has 2 atom stereocenters. The van der Waals surface area contributed by atoms with Crippen LogP contribution >= 0.6 is 0 Å². The Hall–Kier alpha value is -0.870. The summed E-state index contributed by atoms with van der Waals surface area (Å²) < 4.78 is 0. The first-order chi connectivity index (χ1) is 7.17. The van der Waals surface area contributed by atoms with Crippen LogP contribution in [0.5, 0.6) is 0 Å². The molecule has 0 radical (unpaired) electrons. The van der Waals surface area contributed by atoms with Crippen LogP contribution < -0.4 is 5.32 Å². The third-order valence-electron chi connectivity index (χ3n) is 2.45. The summed E-state index contributed by atoms with van der Waals surface area (Å²) in [5.74, 6) is -0.0206. The molecule has 0 aromatic rings. The second-order valence-corrected chi connectivity index (χ2v) is 3.85. The van der Waals surface area contributed by atoms with Gasteiger partial charge in [-0.05, 0) is 6.42 Å². The molecule has 86 valence electrons. The van der Waals surface area contributed by atoms with E-state index < -0.39 is 0 Å². The van der Waals surface area contributed by atoms with Crippen molar-refractivity contribution >= 4 is 5.91 Å². The Morgan fingerprint density at radius 1 is 1.73 bits per heavy atom. The van der Waals surface area contributed by atoms with Crippen LogP contribution in [-0.4, -0.2) is 36.2 Å². The van der Waals surface area contributed by atoms with Crippen molar-refractivity contribution in [3.8, 4) is 0 Å². The summed E-state index contributed by atoms with van der Waals surface area (Å²) in [6.07, 6.45) is 3.90. The van der Waals surface area contributed by atoms with Gasteiger partial charge in [0.15, 0.2) is 0 Å². The van der Waals surface area contributed by atoms with Crippen molar-refractivity contribution in [1.82, 2.24) is 10.4 Å². The van der Waals surface area contributed by atoms with E-state index in [1.165, 1.54) is 6.92 Å². The van der Waals surface area contributed by atoms with Crippen molar-refractivity contribution in [2.75, 3.05) is 13.1 Å². The normalized spacial score (nSPS) is 26.5. The fourth-order valence-corrected chi connectivity index (χ4v) is 1.69. The molecule has 0 saturated carbocycles. The number of nitrogens with one attached hydrogen (secondary N) is 1. The molecule has 4 heteroatoms. The van der Waals surface area contributed by atoms with Crippen LogP contribution in [0.15, 0.2) is 12.7 Å². The lowest BCUT2D eigenvalue weighted by Gasteiger charge is -2.13. The van der Waals surface area contributed by atoms with Crippen molar-refractivity contribution in [2.24, 2.45) is 0 Å². The highest BCUT2D eigenvalue weighted by Gasteiger charge is 2.32. The van der Waals surface area contributed by atoms with Crippen molar-refractivity contribution in [2.45, 2.75) is 38.8 Å². The van der Waals surface area contributed by atoms with Crippen molar-refractivity contribution in [3.05, 3.63) is 12.7 Å². The van der Waals surface area contributed by atoms with E-state index >= 15 is 0 Å². The minimum absolute atomic E-state index is 0.0206. The molecule has 1 fully saturated rings. The Balaban J connectivity index is 2.43. The van der Waals surface area contributed by atoms with Crippen LogP contribution in [-0.2, 0) is 9.63 Å². The standard InChI is InChI=1S/C11H20N2O2/c1-4-6-7-13-8-10(12-9(3)14)11(5-2)15-13/h5,10-11H,2,4,6-8H2,1,3H3,(H,12,14)/t10?,11-/m0/s1. The Bertz CT molecular complexity index is 231. The molecule has 0 aromatic carbocycles. The van der Waals surface area contributed by atoms with Gasteiger partial charge in [-0.2, -0.15) is 5.06 Å². The minimum Gasteiger partial charge on any atom is -0.349 e. The molecule has 4 nitrogen and oxygen atoms in total. The summed E-state index contributed by atoms with van der Waals surface area (Å²) in [5, 5.41) is 4.79. The maximum atomic E-state index is 11.0. The highest BCUT2D eigenvalue weighted by molar-refractivity contribution is 5.73. The van der Waals surface area contributed by atoms with E-state index in [0.717, 1.165) is 25.9 Å². The molecule has 1 rings (SSSR count). The van der Waals surface area contributed by atoms with Gasteiger partial charge in [0.1, 0.15) is 6.10 Å². The number of amides is 1. The summed E-state index contributed by atoms with van der Waals surface area (Å²) in [5.41, 5.74) is 0. The van der Waals surface area contributed by atoms with Gasteiger partial charge in [-0.3, -0.25) is 9.63 Å². The predicted molar refractivity (Wildman–Crippen MR) is 59.2 cm³/mol. The van der Waals surface area contributed by atoms with Crippen molar-refractivity contribution in [1.29, 1.82) is 0 Å². The van der Waals surface area contributed by atoms with E-state index in [1.807, 2.05) is 5.06 Å². The maximum absolute atomic E-state index is 11.0. The van der Waals surface area contributed by atoms with E-state index in [9.17, 15) is 4.79 Å². The zero-order chi connectivity index (χ0) is 11.3. The van der Waals surface area contributed by atoms with Crippen LogP contribution in [0.4, 0.5) is 0 Å². The van der Waals surface area contributed by atoms with Crippen molar-refractivity contribution < 1.29 is 9.63 Å². The highest BCUT2D eigenvalue weighted by atomic mass is 16.7. The number of hydrogen-bond donors (Lipinski definition) is 1. The van der Waals surface area contributed by atoms with Gasteiger partial charge in [-0.15, -0.1) is 6.58 Å². The molecule has 0 bridgehead atoms. The molecule has 1 heterocycles. The van der Waals surface area contributed by atoms with E-state index in [2.05, 4.69) is 18.8 Å². The van der Waals surface area contributed by atoms with E-state index in [1.54, 1.807) is 6.08 Å². The van der Waals surface area contributed by atoms with Gasteiger partial charge in [0, 0.05) is 20.0 Å². The Morgan fingerprint density at radius 2 is 2.47 bits per heavy atom. The van der Waals surface area contributed by atoms with Gasteiger partial charge in [0.05, 0.1) is 6.04 Å². The van der Waals surface area contributed by atoms with Crippen LogP contribution in [0.1, 0.15) is 26.7 Å². The molecule has 15 heavy (non-hydrogen) atoms. The molecule has 0 aromatic heterocycles. The highest BCUT2D eigenvalue weighted by Crippen LogP contribution is 2.15. The third-order valence-corrected chi connectivity index (χ3v) is 2.45. The van der Waals surface area contributed by atoms with Gasteiger partial charge >= 0.3 is 0 Å². The Labute approximate surface area is 91.2 Å². The van der Waals surface area contributed by atoms with Gasteiger partial charge < -0.3 is 5.32 Å². The fourth-order valence-electron chi connectivity index (χ4n) is 1.69. The number of hydrogen-bond acceptors (Lipinski definition) is 3. The van der Waals surface area contributed by atoms with E-state index in [0.29, 0.717) is 0 Å². The molecule has 1 amide bonds. The number of hydroxylamine groups is 2. The largest absolute Gasteiger partial charge is 0.349 e. The fraction of sp³-hybridized carbons (Fsp3) is 0.727. The smallest absolute Gasteiger partial charge is 0.217 e. The molecule has 0 aliphatic carbocycles. The molecule has 1 N–H and O–H groups in total. The zero-order valence-electron chi connectivity index (χ0n) is 9.53. The summed E-state index contributed by atoms with van der Waals surface area (Å²) >= 11 is 0. The molecule has 1 unspecified atom stereocenters. The number of unbranched alkanes of at least 4 members (excludes halogenated alkanes) is 1. The molecule has 1 aliphatic heterocycles. The average molecular weight is 212 g/mol. The average Bonchev–Trinajstić information content (AvgIpc) is 2.56. The summed E-state index contributed by atoms with van der Waals surface area (Å²) in [4.78, 5) is 16.6. The van der Waals surface area contributed by atoms with Crippen LogP contribution in [0.25, 0.3) is 0 Å². The quantitative estimate of drug-likeness (QED) is 0.694. The zero-order valence-corrected chi connectivity index (χ0v) is 9.53. The summed E-state index contributed by atoms with van der Waals surface area (Å²) in [7, 11) is 0. The van der Waals surface area contributed by atoms with Crippen LogP contribution in [0.2, 0.25) is 0 Å². The minimum atomic E-state index is -0.0919. The van der Waals surface area contributed by atoms with Gasteiger partial charge in [-0.1, -0.05) is 19.4 Å². The third kappa shape index (κ3) is 3.64. The monoisotopic (exact) mass is 212 g/mol. The Kier molecular flexibility index (Phi) is 4.78. The van der Waals surface area contributed by atoms with E-state index in [-0.39, 0.29) is 18.1 Å². The predicted octanol–water partition coefficient (Wildman–Crippen LogP) is 1.09. The second kappa shape index (κ2) is 5.88. The molecular formula is C11H20N2O2. The first-order valence-corrected chi connectivity index (χ1v) is 5.48. The topological polar surface area (TPSA) is 41.6 Å². The molecule has 0 spiro atoms. The maximum Gasteiger partial charge on any atom is 0.217 e. The van der Waals surface area contributed by atoms with Crippen LogP contribution in [0, 0.1) is 0 Å². The number of nitrogens with zero attached hydrogens (tertiary/aromatic N) is 1. The molecule has 1 aliphatic rings. The second-order valence-electron chi connectivity index (χ2n) is 3.85. The summed E-state index contributed by atoms with van der Waals surface area (Å²) in [6.45, 7) is 9.04. The Morgan fingerprint density at radius 3 is 3.00 bits per heavy atom.